The Bertz CT molecular complexity index is 1090. The average molecular weight is 423 g/mol. The first-order valence-corrected chi connectivity index (χ1v) is 10.6. The van der Waals surface area contributed by atoms with Crippen molar-refractivity contribution in [2.45, 2.75) is 31.9 Å². The van der Waals surface area contributed by atoms with Gasteiger partial charge in [0.05, 0.1) is 19.4 Å². The standard InChI is InChI=1S/C22H25N5O4/c1-30-16-7-5-14(6-8-16)18-19-20(27(13-23-19)17-4-2-3-11-31-17)25-22(24-18)26-10-9-15(12-26)21(28)29/h5-8,13,15,17H,2-4,9-12H2,1H3,(H,28,29). The summed E-state index contributed by atoms with van der Waals surface area (Å²) in [5.74, 6) is 0.105. The van der Waals surface area contributed by atoms with Gasteiger partial charge in [0.25, 0.3) is 0 Å². The maximum absolute atomic E-state index is 11.4. The number of nitrogens with zero attached hydrogens (tertiary/aromatic N) is 5. The van der Waals surface area contributed by atoms with Gasteiger partial charge in [-0.15, -0.1) is 0 Å². The van der Waals surface area contributed by atoms with Crippen LogP contribution in [0.25, 0.3) is 22.4 Å². The number of aliphatic carboxylic acids is 1. The van der Waals surface area contributed by atoms with E-state index in [1.807, 2.05) is 33.7 Å². The fraction of sp³-hybridized carbons (Fsp3) is 0.455. The lowest BCUT2D eigenvalue weighted by Crippen LogP contribution is -2.25. The number of fused-ring (bicyclic) bond motifs is 1. The van der Waals surface area contributed by atoms with Crippen molar-refractivity contribution in [3.63, 3.8) is 0 Å². The molecule has 31 heavy (non-hydrogen) atoms. The number of imidazole rings is 1. The van der Waals surface area contributed by atoms with Gasteiger partial charge in [0.15, 0.2) is 5.65 Å². The van der Waals surface area contributed by atoms with Crippen molar-refractivity contribution >= 4 is 23.1 Å². The second-order valence-corrected chi connectivity index (χ2v) is 8.02. The highest BCUT2D eigenvalue weighted by molar-refractivity contribution is 5.88. The van der Waals surface area contributed by atoms with Crippen LogP contribution in [-0.2, 0) is 9.53 Å². The summed E-state index contributed by atoms with van der Waals surface area (Å²) in [7, 11) is 1.63. The highest BCUT2D eigenvalue weighted by Crippen LogP contribution is 2.33. The normalized spacial score (nSPS) is 21.5. The number of carboxylic acid groups (broad SMARTS) is 1. The molecule has 2 fully saturated rings. The Labute approximate surface area is 179 Å². The third-order valence-electron chi connectivity index (χ3n) is 6.06. The van der Waals surface area contributed by atoms with Crippen molar-refractivity contribution in [2.75, 3.05) is 31.7 Å². The van der Waals surface area contributed by atoms with E-state index in [1.54, 1.807) is 13.4 Å². The predicted octanol–water partition coefficient (Wildman–Crippen LogP) is 3.11. The van der Waals surface area contributed by atoms with Crippen molar-refractivity contribution in [2.24, 2.45) is 5.92 Å². The van der Waals surface area contributed by atoms with Crippen LogP contribution >= 0.6 is 0 Å². The van der Waals surface area contributed by atoms with Crippen molar-refractivity contribution in [3.05, 3.63) is 30.6 Å². The first-order chi connectivity index (χ1) is 15.1. The van der Waals surface area contributed by atoms with Crippen LogP contribution in [0.1, 0.15) is 31.9 Å². The first kappa shape index (κ1) is 19.7. The maximum atomic E-state index is 11.4. The largest absolute Gasteiger partial charge is 0.497 e. The molecule has 2 aliphatic rings. The molecule has 162 valence electrons. The van der Waals surface area contributed by atoms with Crippen molar-refractivity contribution in [3.8, 4) is 17.0 Å². The summed E-state index contributed by atoms with van der Waals surface area (Å²) in [4.78, 5) is 27.7. The quantitative estimate of drug-likeness (QED) is 0.668. The summed E-state index contributed by atoms with van der Waals surface area (Å²) in [6.07, 6.45) is 5.32. The number of hydrogen-bond acceptors (Lipinski definition) is 7. The van der Waals surface area contributed by atoms with Gasteiger partial charge >= 0.3 is 5.97 Å². The Morgan fingerprint density at radius 3 is 2.71 bits per heavy atom. The van der Waals surface area contributed by atoms with E-state index >= 15 is 0 Å². The minimum Gasteiger partial charge on any atom is -0.497 e. The number of methoxy groups -OCH3 is 1. The van der Waals surface area contributed by atoms with Gasteiger partial charge < -0.3 is 19.5 Å². The molecule has 1 N–H and O–H groups in total. The van der Waals surface area contributed by atoms with Gasteiger partial charge in [0, 0.05) is 25.3 Å². The third kappa shape index (κ3) is 3.69. The van der Waals surface area contributed by atoms with Gasteiger partial charge in [-0.1, -0.05) is 0 Å². The van der Waals surface area contributed by atoms with Gasteiger partial charge in [0.2, 0.25) is 5.95 Å². The molecule has 2 saturated heterocycles. The average Bonchev–Trinajstić information content (AvgIpc) is 3.47. The molecule has 0 aliphatic carbocycles. The minimum atomic E-state index is -0.778. The topological polar surface area (TPSA) is 103 Å². The number of anilines is 1. The Morgan fingerprint density at radius 1 is 1.19 bits per heavy atom. The second-order valence-electron chi connectivity index (χ2n) is 8.02. The van der Waals surface area contributed by atoms with Crippen LogP contribution in [0.15, 0.2) is 30.6 Å². The number of carbonyl (C=O) groups is 1. The molecular weight excluding hydrogens is 398 g/mol. The Morgan fingerprint density at radius 2 is 2.03 bits per heavy atom. The van der Waals surface area contributed by atoms with Crippen LogP contribution in [0.2, 0.25) is 0 Å². The molecule has 0 saturated carbocycles. The molecule has 2 atom stereocenters. The lowest BCUT2D eigenvalue weighted by molar-refractivity contribution is -0.140. The molecule has 0 radical (unpaired) electrons. The van der Waals surface area contributed by atoms with Crippen LogP contribution < -0.4 is 9.64 Å². The van der Waals surface area contributed by atoms with Crippen LogP contribution in [0, 0.1) is 5.92 Å². The zero-order valence-electron chi connectivity index (χ0n) is 17.4. The van der Waals surface area contributed by atoms with Gasteiger partial charge in [0.1, 0.15) is 23.2 Å². The van der Waals surface area contributed by atoms with Crippen LogP contribution in [0.4, 0.5) is 5.95 Å². The number of benzene rings is 1. The molecule has 2 aliphatic heterocycles. The molecule has 2 unspecified atom stereocenters. The van der Waals surface area contributed by atoms with Gasteiger partial charge in [-0.05, 0) is 49.9 Å². The zero-order chi connectivity index (χ0) is 21.4. The highest BCUT2D eigenvalue weighted by Gasteiger charge is 2.31. The van der Waals surface area contributed by atoms with E-state index in [2.05, 4.69) is 4.98 Å². The van der Waals surface area contributed by atoms with Crippen molar-refractivity contribution in [1.82, 2.24) is 19.5 Å². The number of aromatic nitrogens is 4. The number of ether oxygens (including phenoxy) is 2. The van der Waals surface area contributed by atoms with Gasteiger partial charge in [-0.2, -0.15) is 4.98 Å². The SMILES string of the molecule is COc1ccc(-c2nc(N3CCC(C(=O)O)C3)nc3c2ncn3C2CCCCO2)cc1. The van der Waals surface area contributed by atoms with E-state index < -0.39 is 11.9 Å². The molecule has 1 aromatic carbocycles. The van der Waals surface area contributed by atoms with Gasteiger partial charge in [-0.3, -0.25) is 9.36 Å². The fourth-order valence-electron chi connectivity index (χ4n) is 4.29. The van der Waals surface area contributed by atoms with Crippen molar-refractivity contribution in [1.29, 1.82) is 0 Å². The molecule has 5 rings (SSSR count). The summed E-state index contributed by atoms with van der Waals surface area (Å²) in [6, 6.07) is 7.68. The van der Waals surface area contributed by atoms with Crippen LogP contribution in [0.3, 0.4) is 0 Å². The smallest absolute Gasteiger partial charge is 0.308 e. The molecule has 0 bridgehead atoms. The second kappa shape index (κ2) is 8.14. The van der Waals surface area contributed by atoms with E-state index in [4.69, 9.17) is 19.4 Å². The third-order valence-corrected chi connectivity index (χ3v) is 6.06. The van der Waals surface area contributed by atoms with E-state index in [9.17, 15) is 9.90 Å². The number of carboxylic acids is 1. The maximum Gasteiger partial charge on any atom is 0.308 e. The number of hydrogen-bond donors (Lipinski definition) is 1. The van der Waals surface area contributed by atoms with Crippen LogP contribution in [0.5, 0.6) is 5.75 Å². The molecule has 0 spiro atoms. The lowest BCUT2D eigenvalue weighted by Gasteiger charge is -2.24. The number of rotatable bonds is 5. The zero-order valence-corrected chi connectivity index (χ0v) is 17.4. The van der Waals surface area contributed by atoms with E-state index in [0.717, 1.165) is 42.9 Å². The van der Waals surface area contributed by atoms with Crippen LogP contribution in [-0.4, -0.2) is 57.4 Å². The Kier molecular flexibility index (Phi) is 5.19. The summed E-state index contributed by atoms with van der Waals surface area (Å²) >= 11 is 0. The molecule has 9 heteroatoms. The summed E-state index contributed by atoms with van der Waals surface area (Å²) in [5, 5.41) is 9.40. The molecular formula is C22H25N5O4. The molecule has 3 aromatic rings. The van der Waals surface area contributed by atoms with E-state index in [0.29, 0.717) is 36.6 Å². The Balaban J connectivity index is 1.61. The van der Waals surface area contributed by atoms with Crippen molar-refractivity contribution < 1.29 is 19.4 Å². The fourth-order valence-corrected chi connectivity index (χ4v) is 4.29. The summed E-state index contributed by atoms with van der Waals surface area (Å²) < 4.78 is 13.2. The molecule has 4 heterocycles. The van der Waals surface area contributed by atoms with Gasteiger partial charge in [-0.25, -0.2) is 9.97 Å². The predicted molar refractivity (Wildman–Crippen MR) is 114 cm³/mol. The molecule has 9 nitrogen and oxygen atoms in total. The Hall–Kier alpha value is -3.20. The molecule has 2 aromatic heterocycles. The summed E-state index contributed by atoms with van der Waals surface area (Å²) in [6.45, 7) is 1.73. The first-order valence-electron chi connectivity index (χ1n) is 10.6. The minimum absolute atomic E-state index is 0.101. The van der Waals surface area contributed by atoms with E-state index in [-0.39, 0.29) is 6.23 Å². The lowest BCUT2D eigenvalue weighted by atomic mass is 10.1. The highest BCUT2D eigenvalue weighted by atomic mass is 16.5. The monoisotopic (exact) mass is 423 g/mol. The molecule has 0 amide bonds. The van der Waals surface area contributed by atoms with E-state index in [1.165, 1.54) is 0 Å². The summed E-state index contributed by atoms with van der Waals surface area (Å²) in [5.41, 5.74) is 3.03.